The smallest absolute Gasteiger partial charge is 0.120 e. The molecule has 1 N–H and O–H groups in total. The quantitative estimate of drug-likeness (QED) is 0.913. The Labute approximate surface area is 126 Å². The Morgan fingerprint density at radius 2 is 1.86 bits per heavy atom. The third-order valence-electron chi connectivity index (χ3n) is 4.37. The molecule has 0 amide bonds. The molecule has 0 aromatic heterocycles. The number of likely N-dealkylation sites (N-methyl/N-ethyl adjacent to an activating group) is 1. The van der Waals surface area contributed by atoms with E-state index in [0.717, 1.165) is 32.0 Å². The molecule has 0 radical (unpaired) electrons. The lowest BCUT2D eigenvalue weighted by atomic mass is 10.1. The predicted octanol–water partition coefficient (Wildman–Crippen LogP) is 2.90. The van der Waals surface area contributed by atoms with Crippen LogP contribution in [0.3, 0.4) is 0 Å². The van der Waals surface area contributed by atoms with Crippen LogP contribution in [-0.2, 0) is 0 Å². The van der Waals surface area contributed by atoms with E-state index in [1.54, 1.807) is 0 Å². The topological polar surface area (TPSA) is 24.5 Å². The van der Waals surface area contributed by atoms with Gasteiger partial charge in [0, 0.05) is 12.6 Å². The number of nitrogens with one attached hydrogen (secondary N) is 1. The summed E-state index contributed by atoms with van der Waals surface area (Å²) in [6, 6.07) is 15.4. The van der Waals surface area contributed by atoms with Gasteiger partial charge in [0.05, 0.1) is 0 Å². The first-order valence-electron chi connectivity index (χ1n) is 7.85. The Hall–Kier alpha value is -1.58. The Bertz CT molecular complexity index is 578. The van der Waals surface area contributed by atoms with Gasteiger partial charge in [0.25, 0.3) is 0 Å². The summed E-state index contributed by atoms with van der Waals surface area (Å²) in [4.78, 5) is 2.43. The van der Waals surface area contributed by atoms with Crippen LogP contribution in [0.15, 0.2) is 42.5 Å². The van der Waals surface area contributed by atoms with Crippen molar-refractivity contribution in [3.05, 3.63) is 42.5 Å². The zero-order valence-corrected chi connectivity index (χ0v) is 12.7. The average molecular weight is 284 g/mol. The number of hydrogen-bond donors (Lipinski definition) is 1. The van der Waals surface area contributed by atoms with E-state index in [4.69, 9.17) is 4.74 Å². The SMILES string of the molecule is CN(CCOc1ccc2ccccc2c1)C1CCNCC1. The molecule has 0 spiro atoms. The zero-order valence-electron chi connectivity index (χ0n) is 12.7. The Morgan fingerprint density at radius 1 is 1.10 bits per heavy atom. The van der Waals surface area contributed by atoms with Crippen LogP contribution in [-0.4, -0.2) is 44.2 Å². The van der Waals surface area contributed by atoms with Crippen molar-refractivity contribution in [1.29, 1.82) is 0 Å². The largest absolute Gasteiger partial charge is 0.492 e. The van der Waals surface area contributed by atoms with Crippen molar-refractivity contribution in [3.63, 3.8) is 0 Å². The summed E-state index contributed by atoms with van der Waals surface area (Å²) >= 11 is 0. The summed E-state index contributed by atoms with van der Waals surface area (Å²) < 4.78 is 5.92. The molecule has 0 bridgehead atoms. The van der Waals surface area contributed by atoms with Crippen LogP contribution < -0.4 is 10.1 Å². The molecule has 1 fully saturated rings. The molecule has 3 nitrogen and oxygen atoms in total. The van der Waals surface area contributed by atoms with Crippen molar-refractivity contribution in [3.8, 4) is 5.75 Å². The molecule has 1 heterocycles. The number of rotatable bonds is 5. The minimum atomic E-state index is 0.700. The van der Waals surface area contributed by atoms with Gasteiger partial charge in [-0.1, -0.05) is 30.3 Å². The summed E-state index contributed by atoms with van der Waals surface area (Å²) in [5, 5.41) is 5.91. The first-order valence-corrected chi connectivity index (χ1v) is 7.85. The van der Waals surface area contributed by atoms with E-state index in [1.165, 1.54) is 23.6 Å². The third kappa shape index (κ3) is 3.74. The lowest BCUT2D eigenvalue weighted by Crippen LogP contribution is -2.42. The molecule has 1 aliphatic rings. The normalized spacial score (nSPS) is 16.5. The second kappa shape index (κ2) is 6.92. The van der Waals surface area contributed by atoms with Crippen LogP contribution in [0.5, 0.6) is 5.75 Å². The number of nitrogens with zero attached hydrogens (tertiary/aromatic N) is 1. The summed E-state index contributed by atoms with van der Waals surface area (Å²) in [6.07, 6.45) is 2.49. The van der Waals surface area contributed by atoms with Gasteiger partial charge >= 0.3 is 0 Å². The molecule has 0 unspecified atom stereocenters. The first-order chi connectivity index (χ1) is 10.3. The van der Waals surface area contributed by atoms with E-state index in [-0.39, 0.29) is 0 Å². The van der Waals surface area contributed by atoms with Crippen LogP contribution in [0, 0.1) is 0 Å². The Kier molecular flexibility index (Phi) is 4.73. The van der Waals surface area contributed by atoms with Crippen LogP contribution in [0.1, 0.15) is 12.8 Å². The van der Waals surface area contributed by atoms with E-state index >= 15 is 0 Å². The summed E-state index contributed by atoms with van der Waals surface area (Å²) in [5.41, 5.74) is 0. The lowest BCUT2D eigenvalue weighted by molar-refractivity contribution is 0.165. The maximum Gasteiger partial charge on any atom is 0.120 e. The summed E-state index contributed by atoms with van der Waals surface area (Å²) in [6.45, 7) is 4.01. The van der Waals surface area contributed by atoms with Crippen molar-refractivity contribution < 1.29 is 4.74 Å². The highest BCUT2D eigenvalue weighted by molar-refractivity contribution is 5.83. The molecule has 0 atom stereocenters. The molecule has 2 aromatic rings. The molecule has 0 aliphatic carbocycles. The third-order valence-corrected chi connectivity index (χ3v) is 4.37. The molecular weight excluding hydrogens is 260 g/mol. The van der Waals surface area contributed by atoms with E-state index in [1.807, 2.05) is 0 Å². The van der Waals surface area contributed by atoms with Gasteiger partial charge in [-0.3, -0.25) is 4.90 Å². The van der Waals surface area contributed by atoms with Gasteiger partial charge in [-0.25, -0.2) is 0 Å². The minimum Gasteiger partial charge on any atom is -0.492 e. The van der Waals surface area contributed by atoms with E-state index in [2.05, 4.69) is 59.7 Å². The molecular formula is C18H24N2O. The lowest BCUT2D eigenvalue weighted by Gasteiger charge is -2.31. The predicted molar refractivity (Wildman–Crippen MR) is 88.0 cm³/mol. The highest BCUT2D eigenvalue weighted by Crippen LogP contribution is 2.20. The maximum absolute atomic E-state index is 5.92. The second-order valence-corrected chi connectivity index (χ2v) is 5.82. The van der Waals surface area contributed by atoms with Crippen molar-refractivity contribution in [1.82, 2.24) is 10.2 Å². The Balaban J connectivity index is 1.51. The van der Waals surface area contributed by atoms with Crippen LogP contribution in [0.2, 0.25) is 0 Å². The van der Waals surface area contributed by atoms with Gasteiger partial charge in [-0.05, 0) is 55.9 Å². The van der Waals surface area contributed by atoms with Crippen LogP contribution >= 0.6 is 0 Å². The number of hydrogen-bond acceptors (Lipinski definition) is 3. The fraction of sp³-hybridized carbons (Fsp3) is 0.444. The monoisotopic (exact) mass is 284 g/mol. The molecule has 3 rings (SSSR count). The molecule has 3 heteroatoms. The number of piperidine rings is 1. The van der Waals surface area contributed by atoms with Gasteiger partial charge in [-0.2, -0.15) is 0 Å². The van der Waals surface area contributed by atoms with Gasteiger partial charge < -0.3 is 10.1 Å². The van der Waals surface area contributed by atoms with Crippen LogP contribution in [0.25, 0.3) is 10.8 Å². The summed E-state index contributed by atoms with van der Waals surface area (Å²) in [7, 11) is 2.21. The van der Waals surface area contributed by atoms with Gasteiger partial charge in [0.1, 0.15) is 12.4 Å². The van der Waals surface area contributed by atoms with Crippen molar-refractivity contribution in [2.45, 2.75) is 18.9 Å². The second-order valence-electron chi connectivity index (χ2n) is 5.82. The number of benzene rings is 2. The summed E-state index contributed by atoms with van der Waals surface area (Å²) in [5.74, 6) is 0.965. The highest BCUT2D eigenvalue weighted by atomic mass is 16.5. The molecule has 2 aromatic carbocycles. The number of ether oxygens (including phenoxy) is 1. The number of fused-ring (bicyclic) bond motifs is 1. The van der Waals surface area contributed by atoms with E-state index < -0.39 is 0 Å². The van der Waals surface area contributed by atoms with E-state index in [0.29, 0.717) is 6.04 Å². The first kappa shape index (κ1) is 14.4. The standard InChI is InChI=1S/C18H24N2O/c1-20(17-8-10-19-11-9-17)12-13-21-18-7-6-15-4-2-3-5-16(15)14-18/h2-7,14,17,19H,8-13H2,1H3. The van der Waals surface area contributed by atoms with Crippen molar-refractivity contribution >= 4 is 10.8 Å². The molecule has 21 heavy (non-hydrogen) atoms. The molecule has 1 saturated heterocycles. The van der Waals surface area contributed by atoms with Gasteiger partial charge in [0.2, 0.25) is 0 Å². The fourth-order valence-corrected chi connectivity index (χ4v) is 2.99. The fourth-order valence-electron chi connectivity index (χ4n) is 2.99. The van der Waals surface area contributed by atoms with Gasteiger partial charge in [-0.15, -0.1) is 0 Å². The van der Waals surface area contributed by atoms with Crippen LogP contribution in [0.4, 0.5) is 0 Å². The zero-order chi connectivity index (χ0) is 14.5. The van der Waals surface area contributed by atoms with E-state index in [9.17, 15) is 0 Å². The maximum atomic E-state index is 5.92. The average Bonchev–Trinajstić information content (AvgIpc) is 2.55. The molecule has 1 aliphatic heterocycles. The van der Waals surface area contributed by atoms with Crippen molar-refractivity contribution in [2.75, 3.05) is 33.3 Å². The Morgan fingerprint density at radius 3 is 2.67 bits per heavy atom. The molecule has 0 saturated carbocycles. The highest BCUT2D eigenvalue weighted by Gasteiger charge is 2.17. The minimum absolute atomic E-state index is 0.700. The molecule has 112 valence electrons. The van der Waals surface area contributed by atoms with Crippen molar-refractivity contribution in [2.24, 2.45) is 0 Å². The van der Waals surface area contributed by atoms with Gasteiger partial charge in [0.15, 0.2) is 0 Å².